The Kier molecular flexibility index (Phi) is 4.16. The molecule has 2 nitrogen and oxygen atoms in total. The summed E-state index contributed by atoms with van der Waals surface area (Å²) >= 11 is 0. The molecular formula is C22H20O2. The minimum atomic E-state index is -0.629. The van der Waals surface area contributed by atoms with Gasteiger partial charge >= 0.3 is 0 Å². The van der Waals surface area contributed by atoms with Crippen molar-refractivity contribution in [1.82, 2.24) is 0 Å². The van der Waals surface area contributed by atoms with E-state index in [1.807, 2.05) is 18.2 Å². The molecule has 0 N–H and O–H groups in total. The van der Waals surface area contributed by atoms with Crippen molar-refractivity contribution >= 4 is 0 Å². The summed E-state index contributed by atoms with van der Waals surface area (Å²) in [6, 6.07) is 31.3. The first-order valence-corrected chi connectivity index (χ1v) is 8.32. The van der Waals surface area contributed by atoms with E-state index < -0.39 is 5.60 Å². The molecule has 24 heavy (non-hydrogen) atoms. The lowest BCUT2D eigenvalue weighted by atomic mass is 9.80. The largest absolute Gasteiger partial charge is 0.371 e. The van der Waals surface area contributed by atoms with E-state index in [4.69, 9.17) is 9.47 Å². The first-order chi connectivity index (χ1) is 11.9. The van der Waals surface area contributed by atoms with Crippen LogP contribution in [0.1, 0.15) is 16.7 Å². The lowest BCUT2D eigenvalue weighted by Gasteiger charge is -2.35. The van der Waals surface area contributed by atoms with Crippen molar-refractivity contribution in [1.29, 1.82) is 0 Å². The van der Waals surface area contributed by atoms with Crippen LogP contribution in [0.4, 0.5) is 0 Å². The van der Waals surface area contributed by atoms with Crippen molar-refractivity contribution in [2.24, 2.45) is 0 Å². The van der Waals surface area contributed by atoms with Crippen LogP contribution in [0.2, 0.25) is 0 Å². The van der Waals surface area contributed by atoms with Gasteiger partial charge in [0.1, 0.15) is 11.7 Å². The van der Waals surface area contributed by atoms with Crippen LogP contribution >= 0.6 is 0 Å². The fourth-order valence-corrected chi connectivity index (χ4v) is 3.15. The van der Waals surface area contributed by atoms with Gasteiger partial charge in [-0.3, -0.25) is 0 Å². The highest BCUT2D eigenvalue weighted by atomic mass is 16.6. The number of hydrogen-bond acceptors (Lipinski definition) is 2. The van der Waals surface area contributed by atoms with Gasteiger partial charge in [-0.05, 0) is 16.7 Å². The summed E-state index contributed by atoms with van der Waals surface area (Å²) in [6.45, 7) is 1.37. The first-order valence-electron chi connectivity index (χ1n) is 8.32. The smallest absolute Gasteiger partial charge is 0.143 e. The molecule has 1 heterocycles. The number of rotatable bonds is 6. The number of ether oxygens (including phenoxy) is 2. The molecule has 120 valence electrons. The lowest BCUT2D eigenvalue weighted by Crippen LogP contribution is -2.34. The highest BCUT2D eigenvalue weighted by Gasteiger charge is 2.39. The van der Waals surface area contributed by atoms with Gasteiger partial charge in [-0.2, -0.15) is 0 Å². The molecule has 1 saturated heterocycles. The fraction of sp³-hybridized carbons (Fsp3) is 0.182. The molecule has 1 fully saturated rings. The maximum Gasteiger partial charge on any atom is 0.143 e. The third-order valence-corrected chi connectivity index (χ3v) is 4.43. The molecule has 1 aliphatic rings. The highest BCUT2D eigenvalue weighted by molar-refractivity contribution is 5.47. The third kappa shape index (κ3) is 2.86. The maximum absolute atomic E-state index is 6.59. The Morgan fingerprint density at radius 3 is 1.42 bits per heavy atom. The van der Waals surface area contributed by atoms with Gasteiger partial charge in [-0.15, -0.1) is 0 Å². The third-order valence-electron chi connectivity index (χ3n) is 4.43. The van der Waals surface area contributed by atoms with Crippen molar-refractivity contribution < 1.29 is 9.47 Å². The average molecular weight is 316 g/mol. The van der Waals surface area contributed by atoms with Crippen molar-refractivity contribution in [2.75, 3.05) is 13.2 Å². The number of benzene rings is 3. The van der Waals surface area contributed by atoms with Gasteiger partial charge < -0.3 is 9.47 Å². The molecule has 0 radical (unpaired) electrons. The molecule has 1 unspecified atom stereocenters. The van der Waals surface area contributed by atoms with Crippen LogP contribution < -0.4 is 0 Å². The summed E-state index contributed by atoms with van der Waals surface area (Å²) in [4.78, 5) is 0. The molecule has 0 spiro atoms. The Bertz CT molecular complexity index is 668. The lowest BCUT2D eigenvalue weighted by molar-refractivity contribution is 0.00431. The molecule has 2 heteroatoms. The second-order valence-electron chi connectivity index (χ2n) is 6.05. The quantitative estimate of drug-likeness (QED) is 0.497. The summed E-state index contributed by atoms with van der Waals surface area (Å²) in [5.74, 6) is 0. The Morgan fingerprint density at radius 2 is 1.08 bits per heavy atom. The van der Waals surface area contributed by atoms with Crippen molar-refractivity contribution in [3.8, 4) is 0 Å². The van der Waals surface area contributed by atoms with Gasteiger partial charge in [0.2, 0.25) is 0 Å². The van der Waals surface area contributed by atoms with Crippen LogP contribution in [0, 0.1) is 0 Å². The molecule has 0 aliphatic carbocycles. The molecule has 0 amide bonds. The van der Waals surface area contributed by atoms with E-state index in [0.29, 0.717) is 6.61 Å². The summed E-state index contributed by atoms with van der Waals surface area (Å²) in [5, 5.41) is 0. The van der Waals surface area contributed by atoms with Crippen LogP contribution in [0.25, 0.3) is 0 Å². The monoisotopic (exact) mass is 316 g/mol. The predicted octanol–water partition coefficient (Wildman–Crippen LogP) is 4.39. The van der Waals surface area contributed by atoms with Crippen molar-refractivity contribution in [3.63, 3.8) is 0 Å². The molecule has 3 aromatic rings. The zero-order valence-corrected chi connectivity index (χ0v) is 13.5. The summed E-state index contributed by atoms with van der Waals surface area (Å²) < 4.78 is 12.0. The summed E-state index contributed by atoms with van der Waals surface area (Å²) in [6.07, 6.45) is 0.209. The van der Waals surface area contributed by atoms with E-state index >= 15 is 0 Å². The van der Waals surface area contributed by atoms with Crippen LogP contribution in [0.15, 0.2) is 91.0 Å². The van der Waals surface area contributed by atoms with Gasteiger partial charge in [0.15, 0.2) is 0 Å². The van der Waals surface area contributed by atoms with Gasteiger partial charge in [-0.1, -0.05) is 91.0 Å². The Morgan fingerprint density at radius 1 is 0.708 bits per heavy atom. The summed E-state index contributed by atoms with van der Waals surface area (Å²) in [7, 11) is 0. The Balaban J connectivity index is 1.91. The molecule has 0 bridgehead atoms. The second-order valence-corrected chi connectivity index (χ2v) is 6.05. The van der Waals surface area contributed by atoms with Crippen LogP contribution in [-0.4, -0.2) is 19.3 Å². The second kappa shape index (κ2) is 6.60. The molecule has 4 rings (SSSR count). The topological polar surface area (TPSA) is 21.8 Å². The first kappa shape index (κ1) is 15.1. The molecule has 1 atom stereocenters. The zero-order valence-electron chi connectivity index (χ0n) is 13.5. The molecular weight excluding hydrogens is 296 g/mol. The van der Waals surface area contributed by atoms with Crippen LogP contribution in [0.3, 0.4) is 0 Å². The molecule has 0 saturated carbocycles. The van der Waals surface area contributed by atoms with Gasteiger partial charge in [0.05, 0.1) is 13.2 Å². The van der Waals surface area contributed by atoms with E-state index in [0.717, 1.165) is 23.3 Å². The molecule has 0 aromatic heterocycles. The Labute approximate surface area is 142 Å². The standard InChI is InChI=1S/C22H20O2/c1-4-10-18(11-5-1)22(24-17-21-16-23-21,19-12-6-2-7-13-19)20-14-8-3-9-15-20/h1-15,21H,16-17H2. The van der Waals surface area contributed by atoms with E-state index in [1.54, 1.807) is 0 Å². The summed E-state index contributed by atoms with van der Waals surface area (Å²) in [5.41, 5.74) is 2.75. The fourth-order valence-electron chi connectivity index (χ4n) is 3.15. The minimum Gasteiger partial charge on any atom is -0.371 e. The van der Waals surface area contributed by atoms with E-state index in [1.165, 1.54) is 0 Å². The normalized spacial score (nSPS) is 16.8. The van der Waals surface area contributed by atoms with Crippen LogP contribution in [-0.2, 0) is 15.1 Å². The van der Waals surface area contributed by atoms with E-state index in [9.17, 15) is 0 Å². The van der Waals surface area contributed by atoms with E-state index in [-0.39, 0.29) is 6.10 Å². The zero-order chi connectivity index (χ0) is 16.2. The SMILES string of the molecule is c1ccc(C(OCC2CO2)(c2ccccc2)c2ccccc2)cc1. The minimum absolute atomic E-state index is 0.209. The maximum atomic E-state index is 6.59. The molecule has 3 aromatic carbocycles. The van der Waals surface area contributed by atoms with Gasteiger partial charge in [0.25, 0.3) is 0 Å². The Hall–Kier alpha value is -2.42. The van der Waals surface area contributed by atoms with Crippen molar-refractivity contribution in [2.45, 2.75) is 11.7 Å². The number of hydrogen-bond donors (Lipinski definition) is 0. The van der Waals surface area contributed by atoms with Crippen molar-refractivity contribution in [3.05, 3.63) is 108 Å². The van der Waals surface area contributed by atoms with Gasteiger partial charge in [0, 0.05) is 0 Å². The van der Waals surface area contributed by atoms with Crippen LogP contribution in [0.5, 0.6) is 0 Å². The molecule has 1 aliphatic heterocycles. The van der Waals surface area contributed by atoms with Gasteiger partial charge in [-0.25, -0.2) is 0 Å². The predicted molar refractivity (Wildman–Crippen MR) is 94.9 cm³/mol. The highest BCUT2D eigenvalue weighted by Crippen LogP contribution is 2.40. The van der Waals surface area contributed by atoms with E-state index in [2.05, 4.69) is 72.8 Å². The average Bonchev–Trinajstić information content (AvgIpc) is 3.50. The number of epoxide rings is 1.